The molecule has 0 aliphatic heterocycles. The van der Waals surface area contributed by atoms with Crippen LogP contribution in [-0.2, 0) is 16.6 Å². The highest BCUT2D eigenvalue weighted by Gasteiger charge is 2.10. The molecule has 21 heavy (non-hydrogen) atoms. The molecule has 1 atom stereocenters. The summed E-state index contributed by atoms with van der Waals surface area (Å²) in [6, 6.07) is 1.55. The SMILES string of the molecule is Cc1cc(C)n(C[C@H](C)NC(=O)NCCNS(C)(=O)=O)n1. The number of hydrogen-bond donors (Lipinski definition) is 3. The Hall–Kier alpha value is -1.61. The summed E-state index contributed by atoms with van der Waals surface area (Å²) in [5, 5.41) is 9.69. The second kappa shape index (κ2) is 7.41. The third kappa shape index (κ3) is 7.09. The molecule has 0 spiro atoms. The predicted molar refractivity (Wildman–Crippen MR) is 80.5 cm³/mol. The highest BCUT2D eigenvalue weighted by atomic mass is 32.2. The minimum atomic E-state index is -3.22. The van der Waals surface area contributed by atoms with Crippen LogP contribution in [0, 0.1) is 13.8 Å². The highest BCUT2D eigenvalue weighted by Crippen LogP contribution is 2.02. The quantitative estimate of drug-likeness (QED) is 0.602. The number of amides is 2. The molecule has 0 unspecified atom stereocenters. The highest BCUT2D eigenvalue weighted by molar-refractivity contribution is 7.88. The largest absolute Gasteiger partial charge is 0.337 e. The summed E-state index contributed by atoms with van der Waals surface area (Å²) in [5.41, 5.74) is 1.98. The van der Waals surface area contributed by atoms with Gasteiger partial charge in [0.2, 0.25) is 10.0 Å². The summed E-state index contributed by atoms with van der Waals surface area (Å²) >= 11 is 0. The number of rotatable bonds is 7. The van der Waals surface area contributed by atoms with Crippen molar-refractivity contribution in [3.8, 4) is 0 Å². The maximum absolute atomic E-state index is 11.6. The van der Waals surface area contributed by atoms with Gasteiger partial charge in [-0.2, -0.15) is 5.10 Å². The summed E-state index contributed by atoms with van der Waals surface area (Å²) in [7, 11) is -3.22. The molecule has 0 fully saturated rings. The van der Waals surface area contributed by atoms with E-state index in [0.29, 0.717) is 6.54 Å². The van der Waals surface area contributed by atoms with Crippen molar-refractivity contribution in [2.75, 3.05) is 19.3 Å². The number of aryl methyl sites for hydroxylation is 2. The molecule has 1 heterocycles. The molecular formula is C12H23N5O3S. The van der Waals surface area contributed by atoms with Crippen molar-refractivity contribution in [2.45, 2.75) is 33.4 Å². The number of aromatic nitrogens is 2. The molecular weight excluding hydrogens is 294 g/mol. The van der Waals surface area contributed by atoms with E-state index in [1.807, 2.05) is 31.5 Å². The van der Waals surface area contributed by atoms with Crippen molar-refractivity contribution in [1.82, 2.24) is 25.1 Å². The average Bonchev–Trinajstić information content (AvgIpc) is 2.62. The molecule has 0 saturated carbocycles. The molecule has 120 valence electrons. The van der Waals surface area contributed by atoms with Crippen molar-refractivity contribution in [1.29, 1.82) is 0 Å². The van der Waals surface area contributed by atoms with Gasteiger partial charge in [-0.1, -0.05) is 0 Å². The molecule has 0 aliphatic carbocycles. The molecule has 1 rings (SSSR count). The van der Waals surface area contributed by atoms with E-state index in [9.17, 15) is 13.2 Å². The van der Waals surface area contributed by atoms with Crippen LogP contribution in [0.1, 0.15) is 18.3 Å². The number of carbonyl (C=O) groups is 1. The first-order valence-electron chi connectivity index (χ1n) is 6.67. The Morgan fingerprint density at radius 2 is 2.05 bits per heavy atom. The maximum atomic E-state index is 11.6. The lowest BCUT2D eigenvalue weighted by molar-refractivity contribution is 0.236. The second-order valence-electron chi connectivity index (χ2n) is 5.08. The van der Waals surface area contributed by atoms with Crippen molar-refractivity contribution >= 4 is 16.1 Å². The summed E-state index contributed by atoms with van der Waals surface area (Å²) in [5.74, 6) is 0. The van der Waals surface area contributed by atoms with Gasteiger partial charge >= 0.3 is 6.03 Å². The standard InChI is InChI=1S/C12H23N5O3S/c1-9-7-11(3)17(16-9)8-10(2)15-12(18)13-5-6-14-21(4,19)20/h7,10,14H,5-6,8H2,1-4H3,(H2,13,15,18)/t10-/m0/s1. The van der Waals surface area contributed by atoms with Crippen LogP contribution < -0.4 is 15.4 Å². The van der Waals surface area contributed by atoms with Gasteiger partial charge in [-0.3, -0.25) is 4.68 Å². The van der Waals surface area contributed by atoms with E-state index in [-0.39, 0.29) is 25.2 Å². The number of hydrogen-bond acceptors (Lipinski definition) is 4. The van der Waals surface area contributed by atoms with Crippen molar-refractivity contribution in [3.05, 3.63) is 17.5 Å². The van der Waals surface area contributed by atoms with Gasteiger partial charge in [0.25, 0.3) is 0 Å². The van der Waals surface area contributed by atoms with E-state index in [1.165, 1.54) is 0 Å². The van der Waals surface area contributed by atoms with E-state index >= 15 is 0 Å². The van der Waals surface area contributed by atoms with Crippen molar-refractivity contribution in [3.63, 3.8) is 0 Å². The molecule has 1 aromatic heterocycles. The van der Waals surface area contributed by atoms with Crippen LogP contribution in [0.5, 0.6) is 0 Å². The lowest BCUT2D eigenvalue weighted by atomic mass is 10.3. The van der Waals surface area contributed by atoms with Gasteiger partial charge in [0.05, 0.1) is 18.5 Å². The number of urea groups is 1. The first-order chi connectivity index (χ1) is 9.67. The Morgan fingerprint density at radius 3 is 2.57 bits per heavy atom. The minimum absolute atomic E-state index is 0.0918. The van der Waals surface area contributed by atoms with Gasteiger partial charge in [-0.25, -0.2) is 17.9 Å². The third-order valence-corrected chi connectivity index (χ3v) is 3.43. The molecule has 0 radical (unpaired) electrons. The smallest absolute Gasteiger partial charge is 0.315 e. The second-order valence-corrected chi connectivity index (χ2v) is 6.91. The fourth-order valence-corrected chi connectivity index (χ4v) is 2.32. The van der Waals surface area contributed by atoms with E-state index < -0.39 is 10.0 Å². The zero-order chi connectivity index (χ0) is 16.0. The predicted octanol–water partition coefficient (Wildman–Crippen LogP) is -0.263. The van der Waals surface area contributed by atoms with Crippen LogP contribution in [0.4, 0.5) is 4.79 Å². The molecule has 0 aromatic carbocycles. The van der Waals surface area contributed by atoms with Crippen LogP contribution in [-0.4, -0.2) is 49.6 Å². The van der Waals surface area contributed by atoms with E-state index in [1.54, 1.807) is 0 Å². The third-order valence-electron chi connectivity index (χ3n) is 2.70. The number of nitrogens with zero attached hydrogens (tertiary/aromatic N) is 2. The van der Waals surface area contributed by atoms with Crippen LogP contribution in [0.3, 0.4) is 0 Å². The van der Waals surface area contributed by atoms with Crippen LogP contribution in [0.2, 0.25) is 0 Å². The van der Waals surface area contributed by atoms with E-state index in [2.05, 4.69) is 20.5 Å². The zero-order valence-electron chi connectivity index (χ0n) is 12.8. The molecule has 8 nitrogen and oxygen atoms in total. The summed E-state index contributed by atoms with van der Waals surface area (Å²) < 4.78 is 25.8. The topological polar surface area (TPSA) is 105 Å². The van der Waals surface area contributed by atoms with Gasteiger partial charge in [0, 0.05) is 24.8 Å². The van der Waals surface area contributed by atoms with Gasteiger partial charge in [0.1, 0.15) is 0 Å². The van der Waals surface area contributed by atoms with Crippen molar-refractivity contribution in [2.24, 2.45) is 0 Å². The Bertz CT molecular complexity index is 582. The summed E-state index contributed by atoms with van der Waals surface area (Å²) in [6.07, 6.45) is 1.07. The zero-order valence-corrected chi connectivity index (χ0v) is 13.6. The first kappa shape index (κ1) is 17.4. The molecule has 3 N–H and O–H groups in total. The molecule has 1 aromatic rings. The normalized spacial score (nSPS) is 13.0. The van der Waals surface area contributed by atoms with E-state index in [0.717, 1.165) is 17.6 Å². The number of nitrogens with one attached hydrogen (secondary N) is 3. The fraction of sp³-hybridized carbons (Fsp3) is 0.667. The van der Waals surface area contributed by atoms with Crippen LogP contribution >= 0.6 is 0 Å². The lowest BCUT2D eigenvalue weighted by Crippen LogP contribution is -2.45. The minimum Gasteiger partial charge on any atom is -0.337 e. The fourth-order valence-electron chi connectivity index (χ4n) is 1.85. The summed E-state index contributed by atoms with van der Waals surface area (Å²) in [4.78, 5) is 11.6. The Kier molecular flexibility index (Phi) is 6.16. The molecule has 0 aliphatic rings. The van der Waals surface area contributed by atoms with Gasteiger partial charge in [-0.05, 0) is 26.8 Å². The Labute approximate surface area is 125 Å². The van der Waals surface area contributed by atoms with Crippen LogP contribution in [0.25, 0.3) is 0 Å². The molecule has 2 amide bonds. The van der Waals surface area contributed by atoms with Gasteiger partial charge in [-0.15, -0.1) is 0 Å². The molecule has 9 heteroatoms. The number of sulfonamides is 1. The summed E-state index contributed by atoms with van der Waals surface area (Å²) in [6.45, 7) is 6.73. The monoisotopic (exact) mass is 317 g/mol. The molecule has 0 saturated heterocycles. The van der Waals surface area contributed by atoms with Crippen LogP contribution in [0.15, 0.2) is 6.07 Å². The first-order valence-corrected chi connectivity index (χ1v) is 8.56. The lowest BCUT2D eigenvalue weighted by Gasteiger charge is -2.15. The van der Waals surface area contributed by atoms with Gasteiger partial charge in [0.15, 0.2) is 0 Å². The van der Waals surface area contributed by atoms with Crippen molar-refractivity contribution < 1.29 is 13.2 Å². The van der Waals surface area contributed by atoms with Gasteiger partial charge < -0.3 is 10.6 Å². The van der Waals surface area contributed by atoms with E-state index in [4.69, 9.17) is 0 Å². The maximum Gasteiger partial charge on any atom is 0.315 e. The Balaban J connectivity index is 2.29. The number of carbonyl (C=O) groups excluding carboxylic acids is 1. The average molecular weight is 317 g/mol. The molecule has 0 bridgehead atoms. The Morgan fingerprint density at radius 1 is 1.38 bits per heavy atom.